The minimum absolute atomic E-state index is 0.116. The molecule has 0 aliphatic carbocycles. The molecule has 0 saturated heterocycles. The lowest BCUT2D eigenvalue weighted by Gasteiger charge is -2.07. The first-order valence-electron chi connectivity index (χ1n) is 5.74. The molecule has 0 N–H and O–H groups in total. The Morgan fingerprint density at radius 2 is 1.89 bits per heavy atom. The highest BCUT2D eigenvalue weighted by molar-refractivity contribution is 5.75. The molecule has 0 radical (unpaired) electrons. The Bertz CT molecular complexity index is 547. The van der Waals surface area contributed by atoms with Crippen LogP contribution in [-0.2, 0) is 6.42 Å². The van der Waals surface area contributed by atoms with E-state index in [-0.39, 0.29) is 5.75 Å². The quantitative estimate of drug-likeness (QED) is 0.760. The maximum atomic E-state index is 13.6. The number of aldehydes is 1. The maximum Gasteiger partial charge on any atom is 0.166 e. The molecule has 0 atom stereocenters. The summed E-state index contributed by atoms with van der Waals surface area (Å²) in [6, 6.07) is 11.6. The van der Waals surface area contributed by atoms with Crippen LogP contribution in [0.15, 0.2) is 42.5 Å². The number of carbonyl (C=O) groups excluding carboxylic acids is 1. The van der Waals surface area contributed by atoms with Crippen LogP contribution in [-0.4, -0.2) is 6.29 Å². The summed E-state index contributed by atoms with van der Waals surface area (Å²) in [6.45, 7) is 2.06. The molecule has 0 amide bonds. The van der Waals surface area contributed by atoms with Crippen molar-refractivity contribution in [3.8, 4) is 11.5 Å². The second-order valence-corrected chi connectivity index (χ2v) is 3.91. The fraction of sp³-hybridized carbons (Fsp3) is 0.133. The third-order valence-corrected chi connectivity index (χ3v) is 2.65. The van der Waals surface area contributed by atoms with Gasteiger partial charge >= 0.3 is 0 Å². The number of benzene rings is 2. The Balaban J connectivity index is 2.19. The average Bonchev–Trinajstić information content (AvgIpc) is 2.42. The summed E-state index contributed by atoms with van der Waals surface area (Å²) in [5.41, 5.74) is 1.49. The zero-order chi connectivity index (χ0) is 13.0. The molecule has 0 bridgehead atoms. The number of aryl methyl sites for hydroxylation is 1. The molecule has 2 rings (SSSR count). The minimum Gasteiger partial charge on any atom is -0.454 e. The van der Waals surface area contributed by atoms with Gasteiger partial charge in [-0.15, -0.1) is 0 Å². The van der Waals surface area contributed by atoms with E-state index in [1.807, 2.05) is 12.1 Å². The molecular formula is C15H13FO2. The second kappa shape index (κ2) is 5.45. The van der Waals surface area contributed by atoms with E-state index in [0.29, 0.717) is 17.6 Å². The number of hydrogen-bond donors (Lipinski definition) is 0. The number of ether oxygens (including phenoxy) is 1. The summed E-state index contributed by atoms with van der Waals surface area (Å²) in [4.78, 5) is 10.5. The molecule has 2 aromatic rings. The van der Waals surface area contributed by atoms with Crippen LogP contribution >= 0.6 is 0 Å². The van der Waals surface area contributed by atoms with Crippen molar-refractivity contribution in [3.05, 3.63) is 59.4 Å². The van der Waals surface area contributed by atoms with Crippen LogP contribution in [0.2, 0.25) is 0 Å². The van der Waals surface area contributed by atoms with Gasteiger partial charge in [-0.2, -0.15) is 0 Å². The minimum atomic E-state index is -0.542. The summed E-state index contributed by atoms with van der Waals surface area (Å²) >= 11 is 0. The van der Waals surface area contributed by atoms with Crippen molar-refractivity contribution >= 4 is 6.29 Å². The molecule has 0 heterocycles. The normalized spacial score (nSPS) is 10.1. The Morgan fingerprint density at radius 1 is 1.17 bits per heavy atom. The fourth-order valence-electron chi connectivity index (χ4n) is 1.59. The van der Waals surface area contributed by atoms with Gasteiger partial charge in [-0.05, 0) is 42.3 Å². The zero-order valence-corrected chi connectivity index (χ0v) is 10.0. The first-order valence-corrected chi connectivity index (χ1v) is 5.74. The van der Waals surface area contributed by atoms with Gasteiger partial charge < -0.3 is 4.74 Å². The maximum absolute atomic E-state index is 13.6. The van der Waals surface area contributed by atoms with E-state index in [4.69, 9.17) is 4.74 Å². The van der Waals surface area contributed by atoms with Gasteiger partial charge in [-0.25, -0.2) is 4.39 Å². The highest BCUT2D eigenvalue weighted by Gasteiger charge is 2.05. The van der Waals surface area contributed by atoms with Crippen molar-refractivity contribution in [2.75, 3.05) is 0 Å². The number of hydrogen-bond acceptors (Lipinski definition) is 2. The third kappa shape index (κ3) is 2.74. The van der Waals surface area contributed by atoms with Gasteiger partial charge in [0.2, 0.25) is 0 Å². The van der Waals surface area contributed by atoms with Gasteiger partial charge in [0.1, 0.15) is 12.0 Å². The van der Waals surface area contributed by atoms with Gasteiger partial charge in [0, 0.05) is 5.56 Å². The molecule has 0 aromatic heterocycles. The van der Waals surface area contributed by atoms with Gasteiger partial charge in [-0.3, -0.25) is 4.79 Å². The first kappa shape index (κ1) is 12.3. The van der Waals surface area contributed by atoms with Crippen LogP contribution in [0.5, 0.6) is 11.5 Å². The van der Waals surface area contributed by atoms with Gasteiger partial charge in [-0.1, -0.05) is 19.1 Å². The topological polar surface area (TPSA) is 26.3 Å². The molecule has 3 heteroatoms. The molecule has 0 fully saturated rings. The molecule has 0 aliphatic rings. The molecule has 0 saturated carbocycles. The average molecular weight is 244 g/mol. The summed E-state index contributed by atoms with van der Waals surface area (Å²) in [5, 5.41) is 0. The van der Waals surface area contributed by atoms with E-state index in [0.717, 1.165) is 12.5 Å². The molecule has 0 spiro atoms. The van der Waals surface area contributed by atoms with E-state index < -0.39 is 5.82 Å². The highest BCUT2D eigenvalue weighted by atomic mass is 19.1. The lowest BCUT2D eigenvalue weighted by molar-refractivity contribution is 0.112. The molecule has 92 valence electrons. The standard InChI is InChI=1S/C15H13FO2/c1-2-11-3-6-13(7-4-11)18-15-8-5-12(10-17)9-14(15)16/h3-10H,2H2,1H3. The van der Waals surface area contributed by atoms with Crippen molar-refractivity contribution in [1.82, 2.24) is 0 Å². The van der Waals surface area contributed by atoms with E-state index in [9.17, 15) is 9.18 Å². The molecule has 0 aliphatic heterocycles. The summed E-state index contributed by atoms with van der Waals surface area (Å²) in [7, 11) is 0. The van der Waals surface area contributed by atoms with Gasteiger partial charge in [0.15, 0.2) is 11.6 Å². The van der Waals surface area contributed by atoms with Crippen LogP contribution in [0.1, 0.15) is 22.8 Å². The van der Waals surface area contributed by atoms with Crippen molar-refractivity contribution < 1.29 is 13.9 Å². The van der Waals surface area contributed by atoms with Gasteiger partial charge in [0.05, 0.1) is 0 Å². The summed E-state index contributed by atoms with van der Waals surface area (Å²) in [6.07, 6.45) is 1.55. The summed E-state index contributed by atoms with van der Waals surface area (Å²) < 4.78 is 19.0. The third-order valence-electron chi connectivity index (χ3n) is 2.65. The number of rotatable bonds is 4. The summed E-state index contributed by atoms with van der Waals surface area (Å²) in [5.74, 6) is 0.147. The number of halogens is 1. The van der Waals surface area contributed by atoms with Crippen molar-refractivity contribution in [1.29, 1.82) is 0 Å². The van der Waals surface area contributed by atoms with Crippen LogP contribution in [0.3, 0.4) is 0 Å². The molecule has 18 heavy (non-hydrogen) atoms. The van der Waals surface area contributed by atoms with Crippen LogP contribution in [0.25, 0.3) is 0 Å². The van der Waals surface area contributed by atoms with Gasteiger partial charge in [0.25, 0.3) is 0 Å². The number of carbonyl (C=O) groups is 1. The van der Waals surface area contributed by atoms with E-state index in [1.165, 1.54) is 17.7 Å². The molecule has 2 nitrogen and oxygen atoms in total. The monoisotopic (exact) mass is 244 g/mol. The Labute approximate surface area is 105 Å². The first-order chi connectivity index (χ1) is 8.72. The second-order valence-electron chi connectivity index (χ2n) is 3.91. The highest BCUT2D eigenvalue weighted by Crippen LogP contribution is 2.25. The Morgan fingerprint density at radius 3 is 2.44 bits per heavy atom. The smallest absolute Gasteiger partial charge is 0.166 e. The van der Waals surface area contributed by atoms with Crippen LogP contribution in [0.4, 0.5) is 4.39 Å². The van der Waals surface area contributed by atoms with E-state index in [2.05, 4.69) is 6.92 Å². The lowest BCUT2D eigenvalue weighted by Crippen LogP contribution is -1.90. The SMILES string of the molecule is CCc1ccc(Oc2ccc(C=O)cc2F)cc1. The lowest BCUT2D eigenvalue weighted by atomic mass is 10.2. The molecule has 0 unspecified atom stereocenters. The van der Waals surface area contributed by atoms with E-state index in [1.54, 1.807) is 12.1 Å². The Hall–Kier alpha value is -2.16. The van der Waals surface area contributed by atoms with Crippen molar-refractivity contribution in [2.24, 2.45) is 0 Å². The molecular weight excluding hydrogens is 231 g/mol. The Kier molecular flexibility index (Phi) is 3.72. The predicted molar refractivity (Wildman–Crippen MR) is 67.7 cm³/mol. The zero-order valence-electron chi connectivity index (χ0n) is 10.0. The fourth-order valence-corrected chi connectivity index (χ4v) is 1.59. The van der Waals surface area contributed by atoms with Crippen LogP contribution in [0, 0.1) is 5.82 Å². The molecule has 2 aromatic carbocycles. The van der Waals surface area contributed by atoms with Crippen molar-refractivity contribution in [2.45, 2.75) is 13.3 Å². The van der Waals surface area contributed by atoms with Crippen molar-refractivity contribution in [3.63, 3.8) is 0 Å². The predicted octanol–water partition coefficient (Wildman–Crippen LogP) is 3.99. The largest absolute Gasteiger partial charge is 0.454 e. The van der Waals surface area contributed by atoms with Crippen LogP contribution < -0.4 is 4.74 Å². The van der Waals surface area contributed by atoms with E-state index >= 15 is 0 Å².